The first-order valence-corrected chi connectivity index (χ1v) is 13.3. The van der Waals surface area contributed by atoms with Gasteiger partial charge in [-0.05, 0) is 36.9 Å². The molecule has 0 spiro atoms. The van der Waals surface area contributed by atoms with Gasteiger partial charge in [-0.2, -0.15) is 0 Å². The van der Waals surface area contributed by atoms with Crippen molar-refractivity contribution in [2.75, 3.05) is 14.1 Å². The van der Waals surface area contributed by atoms with Crippen LogP contribution in [0.15, 0.2) is 65.4 Å². The minimum atomic E-state index is -3.01. The van der Waals surface area contributed by atoms with Gasteiger partial charge in [0.25, 0.3) is 5.91 Å². The summed E-state index contributed by atoms with van der Waals surface area (Å²) in [5.74, 6) is -9.58. The van der Waals surface area contributed by atoms with Crippen molar-refractivity contribution in [3.63, 3.8) is 0 Å². The highest BCUT2D eigenvalue weighted by Gasteiger charge is 2.69. The molecule has 0 saturated heterocycles. The maximum atomic E-state index is 14.4. The first-order chi connectivity index (χ1) is 19.9. The third-order valence-corrected chi connectivity index (χ3v) is 8.18. The second-order valence-electron chi connectivity index (χ2n) is 10.7. The van der Waals surface area contributed by atoms with E-state index in [9.17, 15) is 39.6 Å². The summed E-state index contributed by atoms with van der Waals surface area (Å²) in [7, 11) is 2.93. The van der Waals surface area contributed by atoms with Gasteiger partial charge in [0.15, 0.2) is 11.4 Å². The molecule has 0 bridgehead atoms. The largest absolute Gasteiger partial charge is 0.508 e. The topological polar surface area (TPSA) is 188 Å². The minimum Gasteiger partial charge on any atom is -0.508 e. The lowest BCUT2D eigenvalue weighted by atomic mass is 9.55. The molecule has 218 valence electrons. The number of aliphatic hydroxyl groups is 3. The van der Waals surface area contributed by atoms with Gasteiger partial charge >= 0.3 is 5.97 Å². The lowest BCUT2D eigenvalue weighted by Crippen LogP contribution is -2.70. The molecule has 3 aliphatic rings. The first kappa shape index (κ1) is 28.8. The highest BCUT2D eigenvalue weighted by molar-refractivity contribution is 6.25. The second-order valence-corrected chi connectivity index (χ2v) is 10.7. The maximum Gasteiger partial charge on any atom is 0.305 e. The van der Waals surface area contributed by atoms with Crippen molar-refractivity contribution in [1.82, 2.24) is 4.90 Å². The monoisotopic (exact) mass is 574 g/mol. The number of ketones is 2. The quantitative estimate of drug-likeness (QED) is 0.261. The average Bonchev–Trinajstić information content (AvgIpc) is 2.94. The number of ether oxygens (including phenoxy) is 1. The number of hydrogen-bond acceptors (Lipinski definition) is 10. The van der Waals surface area contributed by atoms with E-state index in [1.54, 1.807) is 48.5 Å². The molecule has 1 amide bonds. The van der Waals surface area contributed by atoms with E-state index >= 15 is 0 Å². The van der Waals surface area contributed by atoms with E-state index in [0.29, 0.717) is 16.7 Å². The third kappa shape index (κ3) is 4.04. The molecule has 6 N–H and O–H groups in total. The number of rotatable bonds is 5. The number of phenols is 1. The van der Waals surface area contributed by atoms with Crippen molar-refractivity contribution in [3.8, 4) is 5.75 Å². The Labute approximate surface area is 240 Å². The normalized spacial score (nSPS) is 28.0. The molecule has 2 aromatic carbocycles. The van der Waals surface area contributed by atoms with Crippen molar-refractivity contribution in [2.24, 2.45) is 17.6 Å². The fourth-order valence-corrected chi connectivity index (χ4v) is 6.38. The Bertz CT molecular complexity index is 1620. The number of primary amides is 1. The van der Waals surface area contributed by atoms with Gasteiger partial charge in [0.1, 0.15) is 28.9 Å². The number of carbonyl (C=O) groups excluding carboxylic acids is 4. The average molecular weight is 575 g/mol. The van der Waals surface area contributed by atoms with Crippen LogP contribution >= 0.6 is 0 Å². The van der Waals surface area contributed by atoms with Crippen LogP contribution in [0.2, 0.25) is 0 Å². The van der Waals surface area contributed by atoms with Crippen LogP contribution in [-0.4, -0.2) is 80.6 Å². The van der Waals surface area contributed by atoms with Crippen molar-refractivity contribution < 1.29 is 44.3 Å². The summed E-state index contributed by atoms with van der Waals surface area (Å²) in [6.07, 6.45) is 0.0625. The smallest absolute Gasteiger partial charge is 0.305 e. The summed E-state index contributed by atoms with van der Waals surface area (Å²) in [5.41, 5.74) is 2.18. The molecule has 11 heteroatoms. The number of likely N-dealkylation sites (N-methyl/N-ethyl adjacent to an activating group) is 1. The van der Waals surface area contributed by atoms with Crippen LogP contribution in [0.25, 0.3) is 17.4 Å². The summed E-state index contributed by atoms with van der Waals surface area (Å²) in [6, 6.07) is 11.9. The molecule has 3 aliphatic carbocycles. The SMILES string of the molecule is CCC(=O)O[C@H]1[C@@H]2[C@@H](N(C)C)C(=O)C(C(N)=O)=C(O)[C@]2(O)C(=O)C2=C(O)c3c(O)cccc3/C(=C\c3ccccc3)[C@@H]21. The molecule has 2 aromatic rings. The Kier molecular flexibility index (Phi) is 7.04. The zero-order valence-corrected chi connectivity index (χ0v) is 23.1. The van der Waals surface area contributed by atoms with Gasteiger partial charge in [-0.1, -0.05) is 55.5 Å². The number of hydrogen-bond donors (Lipinski definition) is 5. The molecule has 0 radical (unpaired) electrons. The van der Waals surface area contributed by atoms with Gasteiger partial charge in [0, 0.05) is 6.42 Å². The number of nitrogens with zero attached hydrogens (tertiary/aromatic N) is 1. The number of esters is 1. The number of Topliss-reactive ketones (excluding diaryl/α,β-unsaturated/α-hetero) is 2. The number of phenolic OH excluding ortho intramolecular Hbond substituents is 1. The summed E-state index contributed by atoms with van der Waals surface area (Å²) < 4.78 is 5.90. The Balaban J connectivity index is 1.92. The first-order valence-electron chi connectivity index (χ1n) is 13.3. The van der Waals surface area contributed by atoms with Crippen LogP contribution in [0.1, 0.15) is 30.0 Å². The maximum absolute atomic E-state index is 14.4. The predicted octanol–water partition coefficient (Wildman–Crippen LogP) is 1.89. The van der Waals surface area contributed by atoms with Crippen molar-refractivity contribution in [3.05, 3.63) is 82.1 Å². The fourth-order valence-electron chi connectivity index (χ4n) is 6.38. The molecule has 1 saturated carbocycles. The predicted molar refractivity (Wildman–Crippen MR) is 150 cm³/mol. The van der Waals surface area contributed by atoms with E-state index in [1.807, 2.05) is 0 Å². The van der Waals surface area contributed by atoms with E-state index in [1.165, 1.54) is 32.0 Å². The summed E-state index contributed by atoms with van der Waals surface area (Å²) in [6.45, 7) is 1.53. The molecule has 0 aliphatic heterocycles. The molecule has 0 aromatic heterocycles. The van der Waals surface area contributed by atoms with E-state index in [2.05, 4.69) is 0 Å². The lowest BCUT2D eigenvalue weighted by Gasteiger charge is -2.53. The summed E-state index contributed by atoms with van der Waals surface area (Å²) >= 11 is 0. The number of nitrogens with two attached hydrogens (primary N) is 1. The molecule has 0 unspecified atom stereocenters. The Morgan fingerprint density at radius 3 is 2.31 bits per heavy atom. The van der Waals surface area contributed by atoms with Gasteiger partial charge in [-0.25, -0.2) is 0 Å². The fraction of sp³-hybridized carbons (Fsp3) is 0.290. The number of carbonyl (C=O) groups is 4. The molecule has 42 heavy (non-hydrogen) atoms. The second kappa shape index (κ2) is 10.3. The number of aromatic hydroxyl groups is 1. The van der Waals surface area contributed by atoms with Crippen molar-refractivity contribution >= 4 is 40.9 Å². The standard InChI is InChI=1S/C31H30N2O9/c1-4-18(35)42-27-20-16(13-14-9-6-5-7-10-14)15-11-8-12-17(34)19(15)25(36)21(20)28(38)31(41)23(27)24(33(2)3)26(37)22(29(31)39)30(32)40/h5-13,20,23-24,27,34,36,39,41H,4H2,1-3H3,(H2,32,40)/b16-13+/t20-,23-,24+,27+,31+/m0/s1. The van der Waals surface area contributed by atoms with Crippen molar-refractivity contribution in [1.29, 1.82) is 0 Å². The van der Waals surface area contributed by atoms with E-state index in [4.69, 9.17) is 10.5 Å². The van der Waals surface area contributed by atoms with E-state index in [0.717, 1.165) is 0 Å². The molecule has 5 atom stereocenters. The zero-order chi connectivity index (χ0) is 30.7. The number of benzene rings is 2. The van der Waals surface area contributed by atoms with E-state index < -0.39 is 75.7 Å². The van der Waals surface area contributed by atoms with Crippen LogP contribution < -0.4 is 5.73 Å². The van der Waals surface area contributed by atoms with Gasteiger partial charge in [-0.15, -0.1) is 0 Å². The Morgan fingerprint density at radius 2 is 1.71 bits per heavy atom. The Hall–Kier alpha value is -4.74. The van der Waals surface area contributed by atoms with E-state index in [-0.39, 0.29) is 17.7 Å². The molecular formula is C31H30N2O9. The molecule has 0 heterocycles. The highest BCUT2D eigenvalue weighted by Crippen LogP contribution is 2.57. The van der Waals surface area contributed by atoms with Crippen LogP contribution in [0.3, 0.4) is 0 Å². The number of aliphatic hydroxyl groups excluding tert-OH is 2. The van der Waals surface area contributed by atoms with Gasteiger partial charge in [-0.3, -0.25) is 24.1 Å². The molecular weight excluding hydrogens is 544 g/mol. The molecule has 11 nitrogen and oxygen atoms in total. The minimum absolute atomic E-state index is 0.114. The summed E-state index contributed by atoms with van der Waals surface area (Å²) in [4.78, 5) is 54.6. The van der Waals surface area contributed by atoms with Crippen LogP contribution in [0, 0.1) is 11.8 Å². The number of fused-ring (bicyclic) bond motifs is 3. The van der Waals surface area contributed by atoms with Gasteiger partial charge in [0.2, 0.25) is 5.78 Å². The van der Waals surface area contributed by atoms with Crippen molar-refractivity contribution in [2.45, 2.75) is 31.1 Å². The molecule has 1 fully saturated rings. The van der Waals surface area contributed by atoms with Gasteiger partial charge < -0.3 is 30.9 Å². The zero-order valence-electron chi connectivity index (χ0n) is 23.1. The number of amides is 1. The summed E-state index contributed by atoms with van der Waals surface area (Å²) in [5, 5.41) is 45.7. The van der Waals surface area contributed by atoms with Gasteiger partial charge in [0.05, 0.1) is 29.0 Å². The lowest BCUT2D eigenvalue weighted by molar-refractivity contribution is -0.181. The highest BCUT2D eigenvalue weighted by atomic mass is 16.5. The van der Waals surface area contributed by atoms with Crippen LogP contribution in [0.5, 0.6) is 5.75 Å². The van der Waals surface area contributed by atoms with Crippen LogP contribution in [0.4, 0.5) is 0 Å². The molecule has 5 rings (SSSR count). The Morgan fingerprint density at radius 1 is 1.05 bits per heavy atom. The van der Waals surface area contributed by atoms with Crippen LogP contribution in [-0.2, 0) is 23.9 Å². The third-order valence-electron chi connectivity index (χ3n) is 8.18.